The second-order valence-corrected chi connectivity index (χ2v) is 8.51. The molecule has 11 nitrogen and oxygen atoms in total. The van der Waals surface area contributed by atoms with Crippen LogP contribution in [-0.2, 0) is 19.6 Å². The Kier molecular flexibility index (Phi) is 8.35. The minimum Gasteiger partial charge on any atom is -0.497 e. The van der Waals surface area contributed by atoms with E-state index in [4.69, 9.17) is 23.7 Å². The number of rotatable bonds is 10. The maximum Gasteiger partial charge on any atom is 0.340 e. The number of carbonyl (C=O) groups excluding carboxylic acids is 2. The van der Waals surface area contributed by atoms with Crippen molar-refractivity contribution in [3.8, 4) is 23.0 Å². The number of hydrogen-bond acceptors (Lipinski definition) is 9. The van der Waals surface area contributed by atoms with Gasteiger partial charge in [-0.3, -0.25) is 9.10 Å². The summed E-state index contributed by atoms with van der Waals surface area (Å²) in [5.41, 5.74) is 0.188. The lowest BCUT2D eigenvalue weighted by molar-refractivity contribution is -0.114. The van der Waals surface area contributed by atoms with Gasteiger partial charge < -0.3 is 29.0 Å². The maximum atomic E-state index is 12.9. The van der Waals surface area contributed by atoms with E-state index in [9.17, 15) is 18.0 Å². The maximum absolute atomic E-state index is 12.9. The van der Waals surface area contributed by atoms with Crippen molar-refractivity contribution in [3.05, 3.63) is 35.9 Å². The Morgan fingerprint density at radius 3 is 2.00 bits per heavy atom. The van der Waals surface area contributed by atoms with Gasteiger partial charge in [0, 0.05) is 18.2 Å². The predicted octanol–water partition coefficient (Wildman–Crippen LogP) is 1.91. The van der Waals surface area contributed by atoms with E-state index in [2.05, 4.69) is 5.32 Å². The standard InChI is InChI=1S/C21H26N2O9S/c1-28-13-7-8-16(17(9-13)29-2)23(33(6,26)27)12-20(24)22-15-11-19(31-4)18(30-3)10-14(15)21(25)32-5/h7-11H,12H2,1-6H3,(H,22,24). The van der Waals surface area contributed by atoms with Crippen LogP contribution in [-0.4, -0.2) is 68.6 Å². The van der Waals surface area contributed by atoms with Crippen LogP contribution in [0.25, 0.3) is 0 Å². The molecule has 0 aromatic heterocycles. The largest absolute Gasteiger partial charge is 0.497 e. The SMILES string of the molecule is COC(=O)c1cc(OC)c(OC)cc1NC(=O)CN(c1ccc(OC)cc1OC)S(C)(=O)=O. The minimum atomic E-state index is -3.90. The monoisotopic (exact) mass is 482 g/mol. The van der Waals surface area contributed by atoms with Gasteiger partial charge in [0.1, 0.15) is 18.0 Å². The van der Waals surface area contributed by atoms with Crippen LogP contribution < -0.4 is 28.6 Å². The Morgan fingerprint density at radius 1 is 0.879 bits per heavy atom. The number of sulfonamides is 1. The molecule has 0 bridgehead atoms. The lowest BCUT2D eigenvalue weighted by Gasteiger charge is -2.24. The van der Waals surface area contributed by atoms with E-state index in [-0.39, 0.29) is 34.2 Å². The molecule has 0 aliphatic carbocycles. The van der Waals surface area contributed by atoms with Gasteiger partial charge in [-0.05, 0) is 12.1 Å². The van der Waals surface area contributed by atoms with Crippen LogP contribution in [0.4, 0.5) is 11.4 Å². The van der Waals surface area contributed by atoms with Gasteiger partial charge in [-0.2, -0.15) is 0 Å². The zero-order chi connectivity index (χ0) is 24.8. The zero-order valence-corrected chi connectivity index (χ0v) is 19.9. The zero-order valence-electron chi connectivity index (χ0n) is 19.1. The van der Waals surface area contributed by atoms with Gasteiger partial charge in [-0.15, -0.1) is 0 Å². The highest BCUT2D eigenvalue weighted by molar-refractivity contribution is 7.92. The van der Waals surface area contributed by atoms with Crippen LogP contribution in [0.2, 0.25) is 0 Å². The normalized spacial score (nSPS) is 10.7. The molecule has 0 saturated heterocycles. The van der Waals surface area contributed by atoms with Gasteiger partial charge in [0.15, 0.2) is 11.5 Å². The molecule has 0 radical (unpaired) electrons. The van der Waals surface area contributed by atoms with Gasteiger partial charge in [0.05, 0.1) is 58.7 Å². The lowest BCUT2D eigenvalue weighted by atomic mass is 10.1. The average Bonchev–Trinajstić information content (AvgIpc) is 2.80. The summed E-state index contributed by atoms with van der Waals surface area (Å²) in [6.07, 6.45) is 0.959. The first-order valence-electron chi connectivity index (χ1n) is 9.43. The van der Waals surface area contributed by atoms with Crippen molar-refractivity contribution < 1.29 is 41.7 Å². The summed E-state index contributed by atoms with van der Waals surface area (Å²) in [6.45, 7) is -0.601. The third-order valence-corrected chi connectivity index (χ3v) is 5.67. The van der Waals surface area contributed by atoms with Crippen molar-refractivity contribution >= 4 is 33.3 Å². The van der Waals surface area contributed by atoms with E-state index in [0.717, 1.165) is 10.6 Å². The molecule has 0 saturated carbocycles. The van der Waals surface area contributed by atoms with Crippen LogP contribution in [0.15, 0.2) is 30.3 Å². The van der Waals surface area contributed by atoms with E-state index in [0.29, 0.717) is 5.75 Å². The topological polar surface area (TPSA) is 130 Å². The number of nitrogens with one attached hydrogen (secondary N) is 1. The molecule has 0 aliphatic rings. The van der Waals surface area contributed by atoms with Crippen molar-refractivity contribution in [3.63, 3.8) is 0 Å². The molecule has 0 atom stereocenters. The Balaban J connectivity index is 2.44. The molecule has 0 unspecified atom stereocenters. The van der Waals surface area contributed by atoms with Crippen LogP contribution in [0.5, 0.6) is 23.0 Å². The fourth-order valence-electron chi connectivity index (χ4n) is 2.95. The lowest BCUT2D eigenvalue weighted by Crippen LogP contribution is -2.37. The van der Waals surface area contributed by atoms with E-state index in [1.165, 1.54) is 65.9 Å². The fourth-order valence-corrected chi connectivity index (χ4v) is 3.81. The fraction of sp³-hybridized carbons (Fsp3) is 0.333. The smallest absolute Gasteiger partial charge is 0.340 e. The summed E-state index contributed by atoms with van der Waals surface area (Å²) in [6, 6.07) is 7.22. The Hall–Kier alpha value is -3.67. The third kappa shape index (κ3) is 5.98. The summed E-state index contributed by atoms with van der Waals surface area (Å²) in [5.74, 6) is -0.330. The number of nitrogens with zero attached hydrogens (tertiary/aromatic N) is 1. The molecule has 0 aliphatic heterocycles. The molecule has 2 aromatic carbocycles. The molecule has 1 N–H and O–H groups in total. The number of esters is 1. The van der Waals surface area contributed by atoms with E-state index < -0.39 is 28.4 Å². The molecule has 2 aromatic rings. The number of carbonyl (C=O) groups is 2. The molecule has 0 fully saturated rings. The number of amides is 1. The minimum absolute atomic E-state index is 0.00330. The first-order chi connectivity index (χ1) is 15.6. The highest BCUT2D eigenvalue weighted by Gasteiger charge is 2.26. The van der Waals surface area contributed by atoms with E-state index >= 15 is 0 Å². The molecule has 180 valence electrons. The summed E-state index contributed by atoms with van der Waals surface area (Å²) in [4.78, 5) is 25.1. The van der Waals surface area contributed by atoms with Gasteiger partial charge >= 0.3 is 5.97 Å². The van der Waals surface area contributed by atoms with Crippen molar-refractivity contribution in [2.75, 3.05) is 58.0 Å². The molecule has 33 heavy (non-hydrogen) atoms. The highest BCUT2D eigenvalue weighted by Crippen LogP contribution is 2.35. The van der Waals surface area contributed by atoms with Crippen LogP contribution in [0.3, 0.4) is 0 Å². The molecular formula is C21H26N2O9S. The predicted molar refractivity (Wildman–Crippen MR) is 121 cm³/mol. The summed E-state index contributed by atoms with van der Waals surface area (Å²) in [7, 11) is 2.90. The van der Waals surface area contributed by atoms with Gasteiger partial charge in [-0.25, -0.2) is 13.2 Å². The van der Waals surface area contributed by atoms with Crippen molar-refractivity contribution in [1.82, 2.24) is 0 Å². The van der Waals surface area contributed by atoms with Crippen LogP contribution in [0.1, 0.15) is 10.4 Å². The number of anilines is 2. The van der Waals surface area contributed by atoms with Crippen molar-refractivity contribution in [2.45, 2.75) is 0 Å². The van der Waals surface area contributed by atoms with Crippen LogP contribution in [0, 0.1) is 0 Å². The van der Waals surface area contributed by atoms with Gasteiger partial charge in [0.2, 0.25) is 15.9 Å². The molecular weight excluding hydrogens is 456 g/mol. The first kappa shape index (κ1) is 25.6. The number of hydrogen-bond donors (Lipinski definition) is 1. The Morgan fingerprint density at radius 2 is 1.48 bits per heavy atom. The quantitative estimate of drug-likeness (QED) is 0.505. The second kappa shape index (κ2) is 10.8. The van der Waals surface area contributed by atoms with Crippen LogP contribution >= 0.6 is 0 Å². The van der Waals surface area contributed by atoms with E-state index in [1.807, 2.05) is 0 Å². The number of methoxy groups -OCH3 is 5. The number of ether oxygens (including phenoxy) is 5. The van der Waals surface area contributed by atoms with Crippen molar-refractivity contribution in [1.29, 1.82) is 0 Å². The first-order valence-corrected chi connectivity index (χ1v) is 11.3. The van der Waals surface area contributed by atoms with Crippen molar-refractivity contribution in [2.24, 2.45) is 0 Å². The molecule has 1 amide bonds. The average molecular weight is 483 g/mol. The van der Waals surface area contributed by atoms with E-state index in [1.54, 1.807) is 0 Å². The van der Waals surface area contributed by atoms with Gasteiger partial charge in [-0.1, -0.05) is 0 Å². The second-order valence-electron chi connectivity index (χ2n) is 6.60. The molecule has 2 rings (SSSR count). The molecule has 0 heterocycles. The Bertz CT molecular complexity index is 1130. The summed E-state index contributed by atoms with van der Waals surface area (Å²) >= 11 is 0. The summed E-state index contributed by atoms with van der Waals surface area (Å²) < 4.78 is 51.4. The molecule has 12 heteroatoms. The molecule has 0 spiro atoms. The Labute approximate surface area is 192 Å². The third-order valence-electron chi connectivity index (χ3n) is 4.55. The highest BCUT2D eigenvalue weighted by atomic mass is 32.2. The number of benzene rings is 2. The summed E-state index contributed by atoms with van der Waals surface area (Å²) in [5, 5.41) is 2.54. The van der Waals surface area contributed by atoms with Gasteiger partial charge in [0.25, 0.3) is 0 Å².